The highest BCUT2D eigenvalue weighted by atomic mass is 15.4. The number of nitrogens with zero attached hydrogens (tertiary/aromatic N) is 2. The van der Waals surface area contributed by atoms with Crippen LogP contribution in [0.25, 0.3) is 0 Å². The number of nitrogens with one attached hydrogen (secondary N) is 2. The molecule has 0 aliphatic rings. The minimum Gasteiger partial charge on any atom is -0.283 e. The quantitative estimate of drug-likeness (QED) is 0.694. The van der Waals surface area contributed by atoms with Crippen molar-refractivity contribution in [2.45, 2.75) is 0 Å². The second kappa shape index (κ2) is 3.62. The third-order valence-corrected chi connectivity index (χ3v) is 1.56. The number of para-hydroxylation sites is 1. The van der Waals surface area contributed by atoms with Crippen LogP contribution in [0.2, 0.25) is 0 Å². The van der Waals surface area contributed by atoms with Crippen molar-refractivity contribution in [3.8, 4) is 0 Å². The van der Waals surface area contributed by atoms with Gasteiger partial charge >= 0.3 is 0 Å². The Hall–Kier alpha value is -1.97. The molecule has 4 heteroatoms. The summed E-state index contributed by atoms with van der Waals surface area (Å²) in [6, 6.07) is 11.5. The molecule has 2 N–H and O–H groups in total. The van der Waals surface area contributed by atoms with E-state index in [1.807, 2.05) is 30.3 Å². The van der Waals surface area contributed by atoms with Gasteiger partial charge in [-0.05, 0) is 12.1 Å². The van der Waals surface area contributed by atoms with Crippen molar-refractivity contribution in [1.82, 2.24) is 15.6 Å². The summed E-state index contributed by atoms with van der Waals surface area (Å²) in [5.74, 6) is 0.642. The highest BCUT2D eigenvalue weighted by Gasteiger charge is 1.94. The first-order valence-electron chi connectivity index (χ1n) is 3.97. The number of anilines is 1. The van der Waals surface area contributed by atoms with Crippen LogP contribution >= 0.6 is 0 Å². The van der Waals surface area contributed by atoms with Crippen molar-refractivity contribution in [3.05, 3.63) is 42.6 Å². The van der Waals surface area contributed by atoms with E-state index in [4.69, 9.17) is 0 Å². The topological polar surface area (TPSA) is 54.8 Å². The molecule has 0 atom stereocenters. The fourth-order valence-corrected chi connectivity index (χ4v) is 0.949. The smallest absolute Gasteiger partial charge is 0.193 e. The molecule has 1 aromatic carbocycles. The zero-order valence-corrected chi connectivity index (χ0v) is 6.94. The number of hydrogen-bond acceptors (Lipinski definition) is 2. The summed E-state index contributed by atoms with van der Waals surface area (Å²) in [7, 11) is 0. The highest BCUT2D eigenvalue weighted by Crippen LogP contribution is 2.06. The molecule has 1 radical (unpaired) electrons. The molecule has 2 aromatic rings. The standard InChI is InChI=1S/C9H9N4/c1-2-4-8(5-3-1)11-13-9-6-7-10-12-9/h1-7,11H,(H,10,12). The van der Waals surface area contributed by atoms with Gasteiger partial charge in [0.2, 0.25) is 0 Å². The van der Waals surface area contributed by atoms with E-state index in [1.54, 1.807) is 12.3 Å². The average molecular weight is 173 g/mol. The van der Waals surface area contributed by atoms with Crippen molar-refractivity contribution in [3.63, 3.8) is 0 Å². The molecule has 0 spiro atoms. The Morgan fingerprint density at radius 2 is 2.00 bits per heavy atom. The van der Waals surface area contributed by atoms with Crippen LogP contribution in [0, 0.1) is 0 Å². The van der Waals surface area contributed by atoms with Crippen molar-refractivity contribution < 1.29 is 0 Å². The molecule has 0 saturated heterocycles. The Labute approximate surface area is 76.0 Å². The van der Waals surface area contributed by atoms with E-state index in [-0.39, 0.29) is 0 Å². The minimum atomic E-state index is 0.642. The predicted molar refractivity (Wildman–Crippen MR) is 50.4 cm³/mol. The zero-order valence-electron chi connectivity index (χ0n) is 6.94. The van der Waals surface area contributed by atoms with Gasteiger partial charge in [-0.3, -0.25) is 10.5 Å². The fraction of sp³-hybridized carbons (Fsp3) is 0. The molecule has 0 unspecified atom stereocenters. The van der Waals surface area contributed by atoms with Gasteiger partial charge < -0.3 is 0 Å². The number of H-pyrrole nitrogens is 1. The summed E-state index contributed by atoms with van der Waals surface area (Å²) in [6.45, 7) is 0. The Morgan fingerprint density at radius 3 is 2.69 bits per heavy atom. The van der Waals surface area contributed by atoms with E-state index in [2.05, 4.69) is 21.0 Å². The molecule has 0 amide bonds. The van der Waals surface area contributed by atoms with Gasteiger partial charge in [0.1, 0.15) is 0 Å². The van der Waals surface area contributed by atoms with Crippen molar-refractivity contribution in [1.29, 1.82) is 0 Å². The molecular weight excluding hydrogens is 164 g/mol. The molecule has 0 aliphatic heterocycles. The average Bonchev–Trinajstić information content (AvgIpc) is 2.69. The SMILES string of the molecule is c1ccc(N[N]c2cc[nH]n2)cc1. The lowest BCUT2D eigenvalue weighted by molar-refractivity contribution is 0.961. The predicted octanol–water partition coefficient (Wildman–Crippen LogP) is 1.67. The summed E-state index contributed by atoms with van der Waals surface area (Å²) >= 11 is 0. The molecule has 65 valence electrons. The highest BCUT2D eigenvalue weighted by molar-refractivity contribution is 5.43. The molecular formula is C9H9N4. The molecule has 4 nitrogen and oxygen atoms in total. The van der Waals surface area contributed by atoms with Crippen molar-refractivity contribution in [2.24, 2.45) is 0 Å². The van der Waals surface area contributed by atoms with Gasteiger partial charge in [-0.15, -0.1) is 0 Å². The van der Waals surface area contributed by atoms with E-state index in [0.717, 1.165) is 5.69 Å². The van der Waals surface area contributed by atoms with Gasteiger partial charge in [-0.2, -0.15) is 10.5 Å². The number of rotatable bonds is 3. The van der Waals surface area contributed by atoms with Crippen molar-refractivity contribution in [2.75, 3.05) is 5.43 Å². The normalized spacial score (nSPS) is 9.54. The Bertz CT molecular complexity index is 341. The maximum atomic E-state index is 4.04. The second-order valence-electron chi connectivity index (χ2n) is 2.52. The summed E-state index contributed by atoms with van der Waals surface area (Å²) < 4.78 is 0. The van der Waals surface area contributed by atoms with Crippen LogP contribution in [-0.4, -0.2) is 10.2 Å². The van der Waals surface area contributed by atoms with Gasteiger partial charge in [0.15, 0.2) is 5.82 Å². The lowest BCUT2D eigenvalue weighted by Gasteiger charge is -2.01. The molecule has 1 aromatic heterocycles. The largest absolute Gasteiger partial charge is 0.283 e. The Balaban J connectivity index is 1.94. The first kappa shape index (κ1) is 7.67. The number of aromatic nitrogens is 2. The van der Waals surface area contributed by atoms with Crippen molar-refractivity contribution >= 4 is 11.5 Å². The third kappa shape index (κ3) is 1.99. The molecule has 0 saturated carbocycles. The molecule has 1 heterocycles. The van der Waals surface area contributed by atoms with Crippen LogP contribution in [0.1, 0.15) is 0 Å². The Morgan fingerprint density at radius 1 is 1.15 bits per heavy atom. The van der Waals surface area contributed by atoms with E-state index in [9.17, 15) is 0 Å². The lowest BCUT2D eigenvalue weighted by Crippen LogP contribution is -2.07. The fourth-order valence-electron chi connectivity index (χ4n) is 0.949. The van der Waals surface area contributed by atoms with E-state index >= 15 is 0 Å². The molecule has 0 bridgehead atoms. The van der Waals surface area contributed by atoms with Gasteiger partial charge in [-0.1, -0.05) is 18.2 Å². The molecule has 0 fully saturated rings. The van der Waals surface area contributed by atoms with Crippen LogP contribution in [0.5, 0.6) is 0 Å². The monoisotopic (exact) mass is 173 g/mol. The van der Waals surface area contributed by atoms with Crippen LogP contribution in [0.3, 0.4) is 0 Å². The van der Waals surface area contributed by atoms with E-state index in [0.29, 0.717) is 5.82 Å². The maximum absolute atomic E-state index is 4.04. The first-order chi connectivity index (χ1) is 6.45. The van der Waals surface area contributed by atoms with Crippen LogP contribution in [0.4, 0.5) is 11.5 Å². The first-order valence-corrected chi connectivity index (χ1v) is 3.97. The van der Waals surface area contributed by atoms with Crippen LogP contribution in [-0.2, 0) is 0 Å². The molecule has 2 rings (SSSR count). The van der Waals surface area contributed by atoms with Gasteiger partial charge in [0.25, 0.3) is 0 Å². The zero-order chi connectivity index (χ0) is 8.93. The number of aromatic amines is 1. The van der Waals surface area contributed by atoms with Gasteiger partial charge in [0, 0.05) is 12.3 Å². The summed E-state index contributed by atoms with van der Waals surface area (Å²) in [6.07, 6.45) is 1.73. The number of hydrogen-bond donors (Lipinski definition) is 2. The minimum absolute atomic E-state index is 0.642. The third-order valence-electron chi connectivity index (χ3n) is 1.56. The van der Waals surface area contributed by atoms with E-state index in [1.165, 1.54) is 0 Å². The van der Waals surface area contributed by atoms with Crippen LogP contribution in [0.15, 0.2) is 42.6 Å². The van der Waals surface area contributed by atoms with Gasteiger partial charge in [-0.25, -0.2) is 0 Å². The van der Waals surface area contributed by atoms with Gasteiger partial charge in [0.05, 0.1) is 5.69 Å². The Kier molecular flexibility index (Phi) is 2.14. The molecule has 0 aliphatic carbocycles. The number of benzene rings is 1. The molecule has 13 heavy (non-hydrogen) atoms. The maximum Gasteiger partial charge on any atom is 0.193 e. The van der Waals surface area contributed by atoms with Crippen LogP contribution < -0.4 is 10.9 Å². The lowest BCUT2D eigenvalue weighted by atomic mass is 10.3. The second-order valence-corrected chi connectivity index (χ2v) is 2.52. The van der Waals surface area contributed by atoms with E-state index < -0.39 is 0 Å². The summed E-state index contributed by atoms with van der Waals surface area (Å²) in [4.78, 5) is 0. The summed E-state index contributed by atoms with van der Waals surface area (Å²) in [5, 5.41) is 6.56. The summed E-state index contributed by atoms with van der Waals surface area (Å²) in [5.41, 5.74) is 7.88.